The fraction of sp³-hybridized carbons (Fsp3) is 0.938. The topological polar surface area (TPSA) is 72.8 Å². The summed E-state index contributed by atoms with van der Waals surface area (Å²) in [6.45, 7) is 6.61. The Kier molecular flexibility index (Phi) is 27.1. The van der Waals surface area contributed by atoms with Gasteiger partial charge >= 0.3 is 11.9 Å². The minimum atomic E-state index is -0.953. The van der Waals surface area contributed by atoms with Crippen LogP contribution in [-0.4, -0.2) is 36.4 Å². The van der Waals surface area contributed by atoms with Crippen LogP contribution in [0.1, 0.15) is 168 Å². The highest BCUT2D eigenvalue weighted by molar-refractivity contribution is 5.69. The van der Waals surface area contributed by atoms with E-state index in [9.17, 15) is 14.7 Å². The summed E-state index contributed by atoms with van der Waals surface area (Å²) in [5.41, 5.74) is 0. The Morgan fingerprint density at radius 3 is 1.22 bits per heavy atom. The lowest BCUT2D eigenvalue weighted by Gasteiger charge is -2.12. The number of unbranched alkanes of at least 4 members (excludes halogenated alkanes) is 18. The van der Waals surface area contributed by atoms with Gasteiger partial charge in [0.1, 0.15) is 19.3 Å². The third kappa shape index (κ3) is 29.3. The predicted octanol–water partition coefficient (Wildman–Crippen LogP) is 9.08. The van der Waals surface area contributed by atoms with Crippen LogP contribution in [-0.2, 0) is 19.1 Å². The second-order valence-corrected chi connectivity index (χ2v) is 11.4. The molecule has 0 bridgehead atoms. The highest BCUT2D eigenvalue weighted by atomic mass is 16.6. The maximum absolute atomic E-state index is 11.9. The molecule has 0 rings (SSSR count). The summed E-state index contributed by atoms with van der Waals surface area (Å²) in [5, 5.41) is 9.92. The third-order valence-corrected chi connectivity index (χ3v) is 7.02. The van der Waals surface area contributed by atoms with E-state index in [1.807, 2.05) is 0 Å². The maximum Gasteiger partial charge on any atom is 0.305 e. The normalized spacial score (nSPS) is 12.1. The number of esters is 2. The summed E-state index contributed by atoms with van der Waals surface area (Å²) in [7, 11) is 0. The largest absolute Gasteiger partial charge is 0.463 e. The van der Waals surface area contributed by atoms with Crippen molar-refractivity contribution in [3.63, 3.8) is 0 Å². The molecule has 0 spiro atoms. The Morgan fingerprint density at radius 2 is 0.865 bits per heavy atom. The summed E-state index contributed by atoms with van der Waals surface area (Å²) in [5.74, 6) is 0.274. The molecule has 0 aromatic heterocycles. The molecular formula is C32H62O5. The van der Waals surface area contributed by atoms with Crippen LogP contribution < -0.4 is 0 Å². The molecule has 0 saturated heterocycles. The first kappa shape index (κ1) is 35.9. The van der Waals surface area contributed by atoms with Crippen LogP contribution in [0.15, 0.2) is 0 Å². The van der Waals surface area contributed by atoms with Crippen molar-refractivity contribution in [1.82, 2.24) is 0 Å². The van der Waals surface area contributed by atoms with E-state index in [1.54, 1.807) is 0 Å². The van der Waals surface area contributed by atoms with E-state index in [2.05, 4.69) is 20.8 Å². The maximum atomic E-state index is 11.9. The van der Waals surface area contributed by atoms with Gasteiger partial charge in [-0.05, 0) is 18.8 Å². The average Bonchev–Trinajstić information content (AvgIpc) is 2.87. The van der Waals surface area contributed by atoms with Gasteiger partial charge in [0.05, 0.1) is 0 Å². The van der Waals surface area contributed by atoms with Gasteiger partial charge in [0, 0.05) is 12.8 Å². The van der Waals surface area contributed by atoms with Gasteiger partial charge in [0.15, 0.2) is 0 Å². The molecule has 220 valence electrons. The van der Waals surface area contributed by atoms with Crippen LogP contribution in [0.25, 0.3) is 0 Å². The lowest BCUT2D eigenvalue weighted by atomic mass is 10.0. The molecule has 1 N–H and O–H groups in total. The first-order valence-corrected chi connectivity index (χ1v) is 15.9. The van der Waals surface area contributed by atoms with Gasteiger partial charge < -0.3 is 14.6 Å². The molecule has 0 aromatic carbocycles. The minimum absolute atomic E-state index is 0.110. The summed E-state index contributed by atoms with van der Waals surface area (Å²) in [4.78, 5) is 23.7. The van der Waals surface area contributed by atoms with Gasteiger partial charge in [-0.15, -0.1) is 0 Å². The molecule has 0 amide bonds. The monoisotopic (exact) mass is 526 g/mol. The lowest BCUT2D eigenvalue weighted by Crippen LogP contribution is -2.25. The number of hydrogen-bond acceptors (Lipinski definition) is 5. The fourth-order valence-electron chi connectivity index (χ4n) is 4.56. The van der Waals surface area contributed by atoms with Crippen LogP contribution in [0, 0.1) is 5.92 Å². The third-order valence-electron chi connectivity index (χ3n) is 7.02. The average molecular weight is 527 g/mol. The van der Waals surface area contributed by atoms with Gasteiger partial charge in [0.2, 0.25) is 0 Å². The number of aliphatic hydroxyl groups excluding tert-OH is 1. The lowest BCUT2D eigenvalue weighted by molar-refractivity contribution is -0.152. The number of ether oxygens (including phenoxy) is 2. The first-order chi connectivity index (χ1) is 18.0. The van der Waals surface area contributed by atoms with E-state index in [0.717, 1.165) is 38.0 Å². The molecule has 5 nitrogen and oxygen atoms in total. The van der Waals surface area contributed by atoms with E-state index in [4.69, 9.17) is 9.47 Å². The smallest absolute Gasteiger partial charge is 0.305 e. The summed E-state index contributed by atoms with van der Waals surface area (Å²) in [6, 6.07) is 0. The Labute approximate surface area is 229 Å². The Balaban J connectivity index is 3.41. The van der Waals surface area contributed by atoms with E-state index in [-0.39, 0.29) is 25.2 Å². The molecule has 0 aliphatic carbocycles. The van der Waals surface area contributed by atoms with Gasteiger partial charge in [-0.2, -0.15) is 0 Å². The summed E-state index contributed by atoms with van der Waals surface area (Å²) >= 11 is 0. The molecule has 0 aliphatic heterocycles. The van der Waals surface area contributed by atoms with Crippen molar-refractivity contribution < 1.29 is 24.2 Å². The second kappa shape index (κ2) is 27.9. The van der Waals surface area contributed by atoms with Crippen molar-refractivity contribution in [2.75, 3.05) is 13.2 Å². The van der Waals surface area contributed by atoms with Gasteiger partial charge in [-0.25, -0.2) is 0 Å². The Hall–Kier alpha value is -1.10. The van der Waals surface area contributed by atoms with Crippen molar-refractivity contribution >= 4 is 11.9 Å². The van der Waals surface area contributed by atoms with Crippen LogP contribution in [0.5, 0.6) is 0 Å². The van der Waals surface area contributed by atoms with Crippen LogP contribution in [0.2, 0.25) is 0 Å². The quantitative estimate of drug-likeness (QED) is 0.0813. The van der Waals surface area contributed by atoms with Crippen molar-refractivity contribution in [3.8, 4) is 0 Å². The van der Waals surface area contributed by atoms with E-state index < -0.39 is 6.10 Å². The van der Waals surface area contributed by atoms with Gasteiger partial charge in [-0.3, -0.25) is 9.59 Å². The number of carbonyl (C=O) groups is 2. The van der Waals surface area contributed by atoms with Crippen molar-refractivity contribution in [1.29, 1.82) is 0 Å². The fourth-order valence-corrected chi connectivity index (χ4v) is 4.56. The predicted molar refractivity (Wildman–Crippen MR) is 155 cm³/mol. The van der Waals surface area contributed by atoms with Crippen molar-refractivity contribution in [3.05, 3.63) is 0 Å². The number of rotatable bonds is 28. The zero-order valence-corrected chi connectivity index (χ0v) is 24.9. The number of carbonyl (C=O) groups excluding carboxylic acids is 2. The number of hydrogen-bond donors (Lipinski definition) is 1. The SMILES string of the molecule is CCCCCCCCCCCC(=O)OC[C@@H](O)COC(=O)CCCCCCCCCCCCCC(C)C. The minimum Gasteiger partial charge on any atom is -0.463 e. The highest BCUT2D eigenvalue weighted by Crippen LogP contribution is 2.14. The molecule has 0 unspecified atom stereocenters. The molecular weight excluding hydrogens is 464 g/mol. The standard InChI is InChI=1S/C32H62O5/c1-4-5-6-7-8-12-16-19-22-25-31(34)36-27-30(33)28-37-32(35)26-23-20-17-14-11-9-10-13-15-18-21-24-29(2)3/h29-30,33H,4-28H2,1-3H3/t30-/m1/s1. The molecule has 5 heteroatoms. The zero-order chi connectivity index (χ0) is 27.4. The van der Waals surface area contributed by atoms with Crippen molar-refractivity contribution in [2.24, 2.45) is 5.92 Å². The zero-order valence-electron chi connectivity index (χ0n) is 24.9. The molecule has 37 heavy (non-hydrogen) atoms. The van der Waals surface area contributed by atoms with E-state index in [1.165, 1.54) is 103 Å². The molecule has 0 fully saturated rings. The Morgan fingerprint density at radius 1 is 0.541 bits per heavy atom. The number of aliphatic hydroxyl groups is 1. The van der Waals surface area contributed by atoms with E-state index in [0.29, 0.717) is 12.8 Å². The molecule has 0 radical (unpaired) electrons. The summed E-state index contributed by atoms with van der Waals surface area (Å²) in [6.07, 6.45) is 25.8. The summed E-state index contributed by atoms with van der Waals surface area (Å²) < 4.78 is 10.2. The van der Waals surface area contributed by atoms with Gasteiger partial charge in [0.25, 0.3) is 0 Å². The van der Waals surface area contributed by atoms with Crippen molar-refractivity contribution in [2.45, 2.75) is 175 Å². The molecule has 0 aliphatic rings. The van der Waals surface area contributed by atoms with Crippen LogP contribution in [0.4, 0.5) is 0 Å². The van der Waals surface area contributed by atoms with E-state index >= 15 is 0 Å². The first-order valence-electron chi connectivity index (χ1n) is 15.9. The van der Waals surface area contributed by atoms with Gasteiger partial charge in [-0.1, -0.05) is 143 Å². The molecule has 1 atom stereocenters. The Bertz CT molecular complexity index is 505. The molecule has 0 saturated carbocycles. The second-order valence-electron chi connectivity index (χ2n) is 11.4. The highest BCUT2D eigenvalue weighted by Gasteiger charge is 2.12. The molecule has 0 heterocycles. The van der Waals surface area contributed by atoms with Crippen LogP contribution >= 0.6 is 0 Å². The molecule has 0 aromatic rings. The van der Waals surface area contributed by atoms with Crippen LogP contribution in [0.3, 0.4) is 0 Å².